The number of nitrogens with one attached hydrogen (secondary N) is 1. The fraction of sp³-hybridized carbons (Fsp3) is 0.235. The Morgan fingerprint density at radius 1 is 1.13 bits per heavy atom. The number of anilines is 1. The van der Waals surface area contributed by atoms with E-state index >= 15 is 0 Å². The summed E-state index contributed by atoms with van der Waals surface area (Å²) in [4.78, 5) is 12.1. The minimum absolute atomic E-state index is 0.000964. The van der Waals surface area contributed by atoms with E-state index in [4.69, 9.17) is 5.14 Å². The molecule has 23 heavy (non-hydrogen) atoms. The van der Waals surface area contributed by atoms with Crippen LogP contribution in [0.1, 0.15) is 23.1 Å². The first-order chi connectivity index (χ1) is 10.8. The Morgan fingerprint density at radius 3 is 2.39 bits per heavy atom. The van der Waals surface area contributed by atoms with Crippen LogP contribution in [-0.4, -0.2) is 14.3 Å². The van der Waals surface area contributed by atoms with Gasteiger partial charge in [-0.25, -0.2) is 13.6 Å². The second-order valence-corrected chi connectivity index (χ2v) is 7.05. The molecule has 0 heterocycles. The minimum atomic E-state index is -3.81. The fourth-order valence-electron chi connectivity index (χ4n) is 2.24. The van der Waals surface area contributed by atoms with Crippen molar-refractivity contribution in [3.05, 3.63) is 59.2 Å². The molecule has 0 atom stereocenters. The highest BCUT2D eigenvalue weighted by molar-refractivity contribution is 7.89. The molecule has 0 radical (unpaired) electrons. The van der Waals surface area contributed by atoms with Crippen LogP contribution < -0.4 is 10.5 Å². The molecule has 0 saturated heterocycles. The van der Waals surface area contributed by atoms with Crippen molar-refractivity contribution in [2.75, 3.05) is 5.32 Å². The molecule has 122 valence electrons. The summed E-state index contributed by atoms with van der Waals surface area (Å²) in [6, 6.07) is 12.6. The first-order valence-electron chi connectivity index (χ1n) is 7.25. The molecule has 2 aromatic carbocycles. The zero-order valence-electron chi connectivity index (χ0n) is 13.2. The van der Waals surface area contributed by atoms with E-state index in [0.717, 1.165) is 16.7 Å². The minimum Gasteiger partial charge on any atom is -0.326 e. The van der Waals surface area contributed by atoms with Gasteiger partial charge in [-0.15, -0.1) is 0 Å². The van der Waals surface area contributed by atoms with E-state index in [0.29, 0.717) is 18.5 Å². The van der Waals surface area contributed by atoms with Crippen LogP contribution in [0.5, 0.6) is 0 Å². The van der Waals surface area contributed by atoms with E-state index in [-0.39, 0.29) is 10.8 Å². The molecule has 2 rings (SSSR count). The number of primary sulfonamides is 1. The number of hydrogen-bond donors (Lipinski definition) is 2. The van der Waals surface area contributed by atoms with Crippen molar-refractivity contribution in [1.29, 1.82) is 0 Å². The highest BCUT2D eigenvalue weighted by Gasteiger charge is 2.14. The fourth-order valence-corrected chi connectivity index (χ4v) is 2.86. The molecule has 0 bridgehead atoms. The summed E-state index contributed by atoms with van der Waals surface area (Å²) in [5.41, 5.74) is 3.14. The third-order valence-electron chi connectivity index (χ3n) is 3.73. The van der Waals surface area contributed by atoms with Gasteiger partial charge in [0.15, 0.2) is 0 Å². The first-order valence-corrected chi connectivity index (χ1v) is 8.80. The summed E-state index contributed by atoms with van der Waals surface area (Å²) in [7, 11) is -3.81. The maximum Gasteiger partial charge on any atom is 0.238 e. The molecule has 0 aliphatic heterocycles. The van der Waals surface area contributed by atoms with Crippen molar-refractivity contribution in [2.24, 2.45) is 5.14 Å². The van der Waals surface area contributed by atoms with Gasteiger partial charge in [-0.1, -0.05) is 30.3 Å². The molecule has 3 N–H and O–H groups in total. The van der Waals surface area contributed by atoms with Crippen LogP contribution in [0, 0.1) is 13.8 Å². The molecule has 0 aliphatic carbocycles. The van der Waals surface area contributed by atoms with E-state index in [9.17, 15) is 13.2 Å². The monoisotopic (exact) mass is 332 g/mol. The van der Waals surface area contributed by atoms with Gasteiger partial charge < -0.3 is 5.32 Å². The topological polar surface area (TPSA) is 89.3 Å². The molecule has 0 spiro atoms. The molecule has 5 nitrogen and oxygen atoms in total. The third kappa shape index (κ3) is 4.64. The Kier molecular flexibility index (Phi) is 5.18. The Balaban J connectivity index is 2.13. The van der Waals surface area contributed by atoms with Gasteiger partial charge in [0.05, 0.1) is 4.90 Å². The molecule has 0 unspecified atom stereocenters. The average molecular weight is 332 g/mol. The highest BCUT2D eigenvalue weighted by atomic mass is 32.2. The lowest BCUT2D eigenvalue weighted by molar-refractivity contribution is -0.116. The van der Waals surface area contributed by atoms with Gasteiger partial charge in [-0.3, -0.25) is 4.79 Å². The van der Waals surface area contributed by atoms with E-state index in [1.165, 1.54) is 12.1 Å². The molecule has 1 amide bonds. The SMILES string of the molecule is Cc1cc(S(N)(=O)=O)cc(NC(=O)CCc2ccccc2)c1C. The van der Waals surface area contributed by atoms with Crippen LogP contribution in [0.4, 0.5) is 5.69 Å². The predicted molar refractivity (Wildman–Crippen MR) is 90.7 cm³/mol. The van der Waals surface area contributed by atoms with Crippen molar-refractivity contribution in [1.82, 2.24) is 0 Å². The lowest BCUT2D eigenvalue weighted by atomic mass is 10.1. The van der Waals surface area contributed by atoms with Gasteiger partial charge in [0.2, 0.25) is 15.9 Å². The molecule has 0 aliphatic rings. The Morgan fingerprint density at radius 2 is 1.78 bits per heavy atom. The van der Waals surface area contributed by atoms with Crippen LogP contribution in [0.15, 0.2) is 47.4 Å². The van der Waals surface area contributed by atoms with Crippen molar-refractivity contribution in [2.45, 2.75) is 31.6 Å². The molecular formula is C17H20N2O3S. The largest absolute Gasteiger partial charge is 0.326 e. The number of carbonyl (C=O) groups excluding carboxylic acids is 1. The van der Waals surface area contributed by atoms with Crippen molar-refractivity contribution in [3.8, 4) is 0 Å². The first kappa shape index (κ1) is 17.2. The number of amides is 1. The van der Waals surface area contributed by atoms with E-state index in [1.807, 2.05) is 37.3 Å². The van der Waals surface area contributed by atoms with Crippen molar-refractivity contribution >= 4 is 21.6 Å². The van der Waals surface area contributed by atoms with Crippen molar-refractivity contribution < 1.29 is 13.2 Å². The Labute approximate surface area is 136 Å². The molecular weight excluding hydrogens is 312 g/mol. The van der Waals surface area contributed by atoms with Crippen molar-refractivity contribution in [3.63, 3.8) is 0 Å². The highest BCUT2D eigenvalue weighted by Crippen LogP contribution is 2.23. The normalized spacial score (nSPS) is 11.3. The zero-order valence-corrected chi connectivity index (χ0v) is 14.0. The Hall–Kier alpha value is -2.18. The third-order valence-corrected chi connectivity index (χ3v) is 4.62. The smallest absolute Gasteiger partial charge is 0.238 e. The maximum absolute atomic E-state index is 12.1. The lowest BCUT2D eigenvalue weighted by Crippen LogP contribution is -2.16. The summed E-state index contributed by atoms with van der Waals surface area (Å²) in [5.74, 6) is -0.164. The van der Waals surface area contributed by atoms with Crippen LogP contribution in [0.3, 0.4) is 0 Å². The zero-order chi connectivity index (χ0) is 17.0. The van der Waals surface area contributed by atoms with Gasteiger partial charge >= 0.3 is 0 Å². The van der Waals surface area contributed by atoms with E-state index in [1.54, 1.807) is 6.92 Å². The number of sulfonamides is 1. The van der Waals surface area contributed by atoms with E-state index in [2.05, 4.69) is 5.32 Å². The molecule has 0 fully saturated rings. The predicted octanol–water partition coefficient (Wildman–Crippen LogP) is 2.52. The van der Waals surface area contributed by atoms with Crippen LogP contribution in [0.25, 0.3) is 0 Å². The number of aryl methyl sites for hydroxylation is 2. The standard InChI is InChI=1S/C17H20N2O3S/c1-12-10-15(23(18,21)22)11-16(13(12)2)19-17(20)9-8-14-6-4-3-5-7-14/h3-7,10-11H,8-9H2,1-2H3,(H,19,20)(H2,18,21,22). The van der Waals surface area contributed by atoms with Crippen LogP contribution >= 0.6 is 0 Å². The summed E-state index contributed by atoms with van der Waals surface area (Å²) < 4.78 is 23.0. The summed E-state index contributed by atoms with van der Waals surface area (Å²) >= 11 is 0. The average Bonchev–Trinajstić information content (AvgIpc) is 2.49. The Bertz CT molecular complexity index is 815. The number of hydrogen-bond acceptors (Lipinski definition) is 3. The number of carbonyl (C=O) groups is 1. The second-order valence-electron chi connectivity index (χ2n) is 5.49. The van der Waals surface area contributed by atoms with Gasteiger partial charge in [0.25, 0.3) is 0 Å². The maximum atomic E-state index is 12.1. The lowest BCUT2D eigenvalue weighted by Gasteiger charge is -2.12. The summed E-state index contributed by atoms with van der Waals surface area (Å²) in [5, 5.41) is 7.94. The van der Waals surface area contributed by atoms with Gasteiger partial charge in [0, 0.05) is 12.1 Å². The number of nitrogens with two attached hydrogens (primary N) is 1. The molecule has 6 heteroatoms. The van der Waals surface area contributed by atoms with Crippen LogP contribution in [-0.2, 0) is 21.2 Å². The van der Waals surface area contributed by atoms with E-state index < -0.39 is 10.0 Å². The van der Waals surface area contributed by atoms with Gasteiger partial charge in [-0.05, 0) is 49.1 Å². The quantitative estimate of drug-likeness (QED) is 0.881. The summed E-state index contributed by atoms with van der Waals surface area (Å²) in [6.45, 7) is 3.61. The molecule has 2 aromatic rings. The summed E-state index contributed by atoms with van der Waals surface area (Å²) in [6.07, 6.45) is 0.946. The van der Waals surface area contributed by atoms with Gasteiger partial charge in [0.1, 0.15) is 0 Å². The molecule has 0 saturated carbocycles. The number of benzene rings is 2. The number of rotatable bonds is 5. The van der Waals surface area contributed by atoms with Crippen LogP contribution in [0.2, 0.25) is 0 Å². The second kappa shape index (κ2) is 6.93. The van der Waals surface area contributed by atoms with Gasteiger partial charge in [-0.2, -0.15) is 0 Å². The molecule has 0 aromatic heterocycles.